The van der Waals surface area contributed by atoms with Gasteiger partial charge in [0.1, 0.15) is 11.9 Å². The van der Waals surface area contributed by atoms with Crippen molar-refractivity contribution in [3.63, 3.8) is 0 Å². The molecule has 5 rings (SSSR count). The van der Waals surface area contributed by atoms with Crippen LogP contribution in [0.3, 0.4) is 0 Å². The molecule has 0 aliphatic carbocycles. The van der Waals surface area contributed by atoms with Crippen LogP contribution in [-0.4, -0.2) is 49.7 Å². The van der Waals surface area contributed by atoms with Gasteiger partial charge in [0.25, 0.3) is 8.32 Å². The van der Waals surface area contributed by atoms with Gasteiger partial charge in [-0.2, -0.15) is 0 Å². The molecule has 240 valence electrons. The summed E-state index contributed by atoms with van der Waals surface area (Å²) in [5.74, 6) is -0.443. The van der Waals surface area contributed by atoms with Crippen LogP contribution in [0.1, 0.15) is 50.2 Å². The molecule has 1 aliphatic heterocycles. The minimum atomic E-state index is -3.14. The Hall–Kier alpha value is -3.48. The van der Waals surface area contributed by atoms with Crippen LogP contribution in [0.5, 0.6) is 0 Å². The Bertz CT molecular complexity index is 1660. The van der Waals surface area contributed by atoms with Crippen molar-refractivity contribution in [1.82, 2.24) is 10.3 Å². The highest BCUT2D eigenvalue weighted by Gasteiger charge is 2.49. The van der Waals surface area contributed by atoms with E-state index in [2.05, 4.69) is 40.1 Å². The maximum atomic E-state index is 14.0. The van der Waals surface area contributed by atoms with E-state index < -0.39 is 31.2 Å². The average molecular weight is 723 g/mol. The molecule has 4 aromatic rings. The van der Waals surface area contributed by atoms with E-state index in [9.17, 15) is 14.0 Å². The lowest BCUT2D eigenvalue weighted by molar-refractivity contribution is -0.139. The van der Waals surface area contributed by atoms with Gasteiger partial charge in [-0.15, -0.1) is 11.3 Å². The largest absolute Gasteiger partial charge is 0.463 e. The molecular weight excluding hydrogens is 685 g/mol. The first-order valence-electron chi connectivity index (χ1n) is 15.2. The van der Waals surface area contributed by atoms with Crippen molar-refractivity contribution in [3.05, 3.63) is 123 Å². The molecule has 1 atom stereocenters. The molecule has 46 heavy (non-hydrogen) atoms. The van der Waals surface area contributed by atoms with Crippen LogP contribution in [0, 0.1) is 5.82 Å². The maximum absolute atomic E-state index is 14.0. The Morgan fingerprint density at radius 2 is 1.76 bits per heavy atom. The Balaban J connectivity index is 1.37. The molecule has 0 fully saturated rings. The number of halogens is 2. The number of carbonyl (C=O) groups excluding carboxylic acids is 1. The van der Waals surface area contributed by atoms with Crippen LogP contribution in [0.4, 0.5) is 4.39 Å². The quantitative estimate of drug-likeness (QED) is 0.0960. The first kappa shape index (κ1) is 33.9. The first-order chi connectivity index (χ1) is 22.2. The Kier molecular flexibility index (Phi) is 11.0. The lowest BCUT2D eigenvalue weighted by Gasteiger charge is -2.41. The number of thiazole rings is 1. The smallest absolute Gasteiger partial charge is 0.338 e. The average Bonchev–Trinajstić information content (AvgIpc) is 3.60. The number of esters is 1. The second-order valence-corrected chi connectivity index (χ2v) is 17.3. The van der Waals surface area contributed by atoms with Crippen molar-refractivity contribution in [3.8, 4) is 0 Å². The predicted molar refractivity (Wildman–Crippen MR) is 187 cm³/mol. The molecule has 1 aliphatic rings. The van der Waals surface area contributed by atoms with E-state index in [4.69, 9.17) is 14.5 Å². The number of hydrogen-bond acceptors (Lipinski definition) is 8. The molecular formula is C35H37BrFN3O4SSi. The van der Waals surface area contributed by atoms with Crippen LogP contribution in [-0.2, 0) is 14.3 Å². The second kappa shape index (κ2) is 15.0. The second-order valence-electron chi connectivity index (χ2n) is 11.6. The number of ether oxygens (including phenoxy) is 2. The highest BCUT2D eigenvalue weighted by Crippen LogP contribution is 2.40. The summed E-state index contributed by atoms with van der Waals surface area (Å²) in [5.41, 5.74) is 1.42. The van der Waals surface area contributed by atoms with E-state index in [0.717, 1.165) is 10.4 Å². The van der Waals surface area contributed by atoms with Gasteiger partial charge in [-0.25, -0.2) is 14.2 Å². The fourth-order valence-electron chi connectivity index (χ4n) is 5.83. The van der Waals surface area contributed by atoms with Crippen molar-refractivity contribution < 1.29 is 23.5 Å². The van der Waals surface area contributed by atoms with E-state index in [0.29, 0.717) is 51.6 Å². The molecule has 0 saturated heterocycles. The van der Waals surface area contributed by atoms with E-state index >= 15 is 0 Å². The fraction of sp³-hybridized carbons (Fsp3) is 0.286. The van der Waals surface area contributed by atoms with Gasteiger partial charge < -0.3 is 19.6 Å². The highest BCUT2D eigenvalue weighted by molar-refractivity contribution is 9.10. The minimum Gasteiger partial charge on any atom is -0.463 e. The summed E-state index contributed by atoms with van der Waals surface area (Å²) in [4.78, 5) is 35.1. The van der Waals surface area contributed by atoms with Crippen LogP contribution in [0.25, 0.3) is 0 Å². The van der Waals surface area contributed by atoms with Crippen molar-refractivity contribution in [2.45, 2.75) is 44.7 Å². The summed E-state index contributed by atoms with van der Waals surface area (Å²) < 4.78 is 26.2. The zero-order valence-electron chi connectivity index (χ0n) is 26.0. The van der Waals surface area contributed by atoms with Gasteiger partial charge in [0.2, 0.25) is 0 Å². The molecule has 7 nitrogen and oxygen atoms in total. The molecule has 0 saturated carbocycles. The van der Waals surface area contributed by atoms with Crippen molar-refractivity contribution in [1.29, 1.82) is 0 Å². The molecule has 0 spiro atoms. The molecule has 2 N–H and O–H groups in total. The molecule has 0 bridgehead atoms. The zero-order valence-corrected chi connectivity index (χ0v) is 29.4. The number of benzene rings is 3. The summed E-state index contributed by atoms with van der Waals surface area (Å²) in [6.45, 7) is 6.67. The third-order valence-corrected chi connectivity index (χ3v) is 14.2. The Morgan fingerprint density at radius 3 is 2.35 bits per heavy atom. The minimum absolute atomic E-state index is 0.0906. The van der Waals surface area contributed by atoms with E-state index in [1.807, 2.05) is 66.0 Å². The molecule has 2 heterocycles. The zero-order chi connectivity index (χ0) is 32.7. The number of nitrogens with one attached hydrogen (secondary N) is 1. The van der Waals surface area contributed by atoms with Gasteiger partial charge in [0.05, 0.1) is 24.5 Å². The van der Waals surface area contributed by atoms with Crippen molar-refractivity contribution in [2.24, 2.45) is 4.99 Å². The molecule has 1 aromatic heterocycles. The normalized spacial score (nSPS) is 15.3. The Morgan fingerprint density at radius 1 is 1.09 bits per heavy atom. The predicted octanol–water partition coefficient (Wildman–Crippen LogP) is 6.28. The van der Waals surface area contributed by atoms with E-state index in [-0.39, 0.29) is 13.2 Å². The third kappa shape index (κ3) is 7.23. The van der Waals surface area contributed by atoms with Crippen molar-refractivity contribution in [2.75, 3.05) is 19.8 Å². The third-order valence-electron chi connectivity index (χ3n) is 8.21. The van der Waals surface area contributed by atoms with Gasteiger partial charge in [-0.05, 0) is 52.9 Å². The molecule has 0 amide bonds. The summed E-state index contributed by atoms with van der Waals surface area (Å²) >= 11 is 4.88. The van der Waals surface area contributed by atoms with Crippen LogP contribution >= 0.6 is 27.3 Å². The number of carbonyl (C=O) groups is 1. The van der Waals surface area contributed by atoms with Gasteiger partial charge in [0.15, 0.2) is 10.8 Å². The monoisotopic (exact) mass is 721 g/mol. The highest BCUT2D eigenvalue weighted by atomic mass is 79.9. The van der Waals surface area contributed by atoms with Crippen LogP contribution in [0.2, 0.25) is 5.04 Å². The van der Waals surface area contributed by atoms with Crippen LogP contribution < -0.4 is 15.7 Å². The summed E-state index contributed by atoms with van der Waals surface area (Å²) in [5, 5.41) is 7.30. The Labute approximate surface area is 282 Å². The lowest BCUT2D eigenvalue weighted by atomic mass is 9.95. The molecule has 11 heteroatoms. The van der Waals surface area contributed by atoms with Gasteiger partial charge >= 0.3 is 5.97 Å². The number of nitrogens with zero attached hydrogens (tertiary/aromatic N) is 2. The first-order valence-corrected chi connectivity index (χ1v) is 18.8. The lowest BCUT2D eigenvalue weighted by Crippen LogP contribution is -2.65. The SMILES string of the molecule is CCOC(=O)C1=C(COCCCC(C)(C)[Si](O)(c2ccccc2)c2ccccc2)NC(c2nccs2)=NC1c1ccc(F)cc1Br. The van der Waals surface area contributed by atoms with Gasteiger partial charge in [-0.3, -0.25) is 4.99 Å². The topological polar surface area (TPSA) is 93.0 Å². The maximum Gasteiger partial charge on any atom is 0.338 e. The summed E-state index contributed by atoms with van der Waals surface area (Å²) in [6.07, 6.45) is 3.09. The molecule has 1 unspecified atom stereocenters. The number of aliphatic imine (C=N–C) groups is 1. The fourth-order valence-corrected chi connectivity index (χ4v) is 10.8. The summed E-state index contributed by atoms with van der Waals surface area (Å²) in [6, 6.07) is 23.4. The van der Waals surface area contributed by atoms with Crippen LogP contribution in [0.15, 0.2) is 111 Å². The van der Waals surface area contributed by atoms with Gasteiger partial charge in [0, 0.05) is 22.7 Å². The van der Waals surface area contributed by atoms with E-state index in [1.165, 1.54) is 23.5 Å². The standard InChI is InChI=1S/C35H37BrFN3O4SSi/c1-4-44-34(41)30-29(39-32(33-38-19-21-45-33)40-31(30)27-17-16-24(37)22-28(27)36)23-43-20-11-18-35(2,3)46(42,25-12-7-5-8-13-25)26-14-9-6-10-15-26/h5-10,12-17,19,21-22,31,42H,4,11,18,20,23H2,1-3H3,(H,39,40). The molecule has 3 aromatic carbocycles. The molecule has 0 radical (unpaired) electrons. The van der Waals surface area contributed by atoms with Gasteiger partial charge in [-0.1, -0.05) is 96.5 Å². The summed E-state index contributed by atoms with van der Waals surface area (Å²) in [7, 11) is -3.14. The van der Waals surface area contributed by atoms with Crippen molar-refractivity contribution >= 4 is 57.8 Å². The number of rotatable bonds is 13. The number of amidine groups is 1. The number of hydrogen-bond donors (Lipinski definition) is 2. The van der Waals surface area contributed by atoms with E-state index in [1.54, 1.807) is 19.2 Å². The number of aromatic nitrogens is 1.